The molecule has 0 aliphatic rings. The molecule has 0 spiro atoms. The Bertz CT molecular complexity index is 594. The van der Waals surface area contributed by atoms with Crippen LogP contribution in [0.4, 0.5) is 5.69 Å². The molecule has 2 aromatic rings. The van der Waals surface area contributed by atoms with E-state index in [1.54, 1.807) is 6.07 Å². The minimum absolute atomic E-state index is 0.398. The Hall–Kier alpha value is -1.81. The molecule has 0 aliphatic carbocycles. The molecule has 3 N–H and O–H groups in total. The number of benzene rings is 2. The van der Waals surface area contributed by atoms with Crippen molar-refractivity contribution in [3.05, 3.63) is 63.6 Å². The first kappa shape index (κ1) is 13.6. The number of rotatable bonds is 4. The number of halogens is 1. The van der Waals surface area contributed by atoms with Crippen LogP contribution in [0.3, 0.4) is 0 Å². The minimum atomic E-state index is -0.398. The first-order valence-electron chi connectivity index (χ1n) is 5.95. The molecule has 4 heteroatoms. The number of nitrogens with two attached hydrogens (primary N) is 1. The summed E-state index contributed by atoms with van der Waals surface area (Å²) in [6.45, 7) is 2.60. The molecule has 2 aromatic carbocycles. The zero-order chi connectivity index (χ0) is 13.8. The van der Waals surface area contributed by atoms with Crippen LogP contribution in [-0.2, 0) is 6.54 Å². The molecule has 19 heavy (non-hydrogen) atoms. The molecule has 0 atom stereocenters. The highest BCUT2D eigenvalue weighted by Gasteiger charge is 2.07. The van der Waals surface area contributed by atoms with Gasteiger partial charge in [-0.15, -0.1) is 0 Å². The van der Waals surface area contributed by atoms with Crippen molar-refractivity contribution in [2.45, 2.75) is 13.5 Å². The van der Waals surface area contributed by atoms with Crippen molar-refractivity contribution in [3.8, 4) is 0 Å². The zero-order valence-electron chi connectivity index (χ0n) is 10.6. The van der Waals surface area contributed by atoms with E-state index in [4.69, 9.17) is 5.73 Å². The number of carbonyl (C=O) groups is 1. The van der Waals surface area contributed by atoms with Gasteiger partial charge in [0.15, 0.2) is 0 Å². The van der Waals surface area contributed by atoms with Gasteiger partial charge < -0.3 is 11.1 Å². The van der Waals surface area contributed by atoms with E-state index in [1.807, 2.05) is 43.3 Å². The van der Waals surface area contributed by atoms with Crippen molar-refractivity contribution in [2.24, 2.45) is 5.73 Å². The molecule has 0 radical (unpaired) electrons. The Morgan fingerprint density at radius 3 is 2.53 bits per heavy atom. The number of carbonyl (C=O) groups excluding carboxylic acids is 1. The molecular weight excluding hydrogens is 304 g/mol. The van der Waals surface area contributed by atoms with Crippen LogP contribution >= 0.6 is 15.9 Å². The molecule has 98 valence electrons. The molecule has 0 saturated carbocycles. The largest absolute Gasteiger partial charge is 0.381 e. The van der Waals surface area contributed by atoms with Crippen LogP contribution in [0.1, 0.15) is 21.5 Å². The summed E-state index contributed by atoms with van der Waals surface area (Å²) in [5.41, 5.74) is 8.88. The number of hydrogen-bond donors (Lipinski definition) is 2. The topological polar surface area (TPSA) is 55.1 Å². The van der Waals surface area contributed by atoms with E-state index in [2.05, 4.69) is 21.2 Å². The Morgan fingerprint density at radius 2 is 1.89 bits per heavy atom. The normalized spacial score (nSPS) is 10.2. The Labute approximate surface area is 121 Å². The number of nitrogens with one attached hydrogen (secondary N) is 1. The fourth-order valence-electron chi connectivity index (χ4n) is 1.89. The fourth-order valence-corrected chi connectivity index (χ4v) is 2.16. The second-order valence-electron chi connectivity index (χ2n) is 4.32. The van der Waals surface area contributed by atoms with E-state index in [9.17, 15) is 4.79 Å². The van der Waals surface area contributed by atoms with E-state index < -0.39 is 5.91 Å². The average Bonchev–Trinajstić information content (AvgIpc) is 2.39. The second kappa shape index (κ2) is 5.89. The Morgan fingerprint density at radius 1 is 1.21 bits per heavy atom. The Kier molecular flexibility index (Phi) is 4.22. The molecule has 0 aromatic heterocycles. The van der Waals surface area contributed by atoms with E-state index in [1.165, 1.54) is 5.56 Å². The van der Waals surface area contributed by atoms with Gasteiger partial charge in [0.25, 0.3) is 0 Å². The van der Waals surface area contributed by atoms with Crippen LogP contribution in [0.25, 0.3) is 0 Å². The molecule has 2 rings (SSSR count). The summed E-state index contributed by atoms with van der Waals surface area (Å²) in [6, 6.07) is 13.6. The first-order chi connectivity index (χ1) is 9.08. The van der Waals surface area contributed by atoms with Gasteiger partial charge in [-0.2, -0.15) is 0 Å². The van der Waals surface area contributed by atoms with Gasteiger partial charge in [-0.05, 0) is 42.3 Å². The highest BCUT2D eigenvalue weighted by Crippen LogP contribution is 2.19. The summed E-state index contributed by atoms with van der Waals surface area (Å²) >= 11 is 3.41. The maximum absolute atomic E-state index is 11.3. The molecular formula is C15H15BrN2O. The summed E-state index contributed by atoms with van der Waals surface area (Å²) in [5, 5.41) is 3.32. The summed E-state index contributed by atoms with van der Waals surface area (Å²) in [4.78, 5) is 11.3. The summed E-state index contributed by atoms with van der Waals surface area (Å²) in [6.07, 6.45) is 0. The zero-order valence-corrected chi connectivity index (χ0v) is 12.2. The molecule has 3 nitrogen and oxygen atoms in total. The molecule has 0 aliphatic heterocycles. The average molecular weight is 319 g/mol. The van der Waals surface area contributed by atoms with Crippen LogP contribution in [0.15, 0.2) is 46.9 Å². The van der Waals surface area contributed by atoms with E-state index in [0.717, 1.165) is 15.7 Å². The monoisotopic (exact) mass is 318 g/mol. The number of anilines is 1. The van der Waals surface area contributed by atoms with Crippen LogP contribution < -0.4 is 11.1 Å². The quantitative estimate of drug-likeness (QED) is 0.906. The lowest BCUT2D eigenvalue weighted by molar-refractivity contribution is 0.1000. The molecule has 0 bridgehead atoms. The van der Waals surface area contributed by atoms with Crippen molar-refractivity contribution >= 4 is 27.5 Å². The predicted molar refractivity (Wildman–Crippen MR) is 81.2 cm³/mol. The summed E-state index contributed by atoms with van der Waals surface area (Å²) in [7, 11) is 0. The molecule has 0 fully saturated rings. The smallest absolute Gasteiger partial charge is 0.249 e. The minimum Gasteiger partial charge on any atom is -0.381 e. The SMILES string of the molecule is Cc1c(NCc2ccc(Br)cc2)cccc1C(N)=O. The molecule has 1 amide bonds. The van der Waals surface area contributed by atoms with E-state index >= 15 is 0 Å². The highest BCUT2D eigenvalue weighted by atomic mass is 79.9. The molecule has 0 saturated heterocycles. The van der Waals surface area contributed by atoms with Gasteiger partial charge in [-0.25, -0.2) is 0 Å². The lowest BCUT2D eigenvalue weighted by Crippen LogP contribution is -2.13. The van der Waals surface area contributed by atoms with Crippen LogP contribution in [0.2, 0.25) is 0 Å². The van der Waals surface area contributed by atoms with Crippen molar-refractivity contribution in [1.29, 1.82) is 0 Å². The van der Waals surface area contributed by atoms with Gasteiger partial charge in [0.2, 0.25) is 5.91 Å². The van der Waals surface area contributed by atoms with Gasteiger partial charge in [0.05, 0.1) is 0 Å². The van der Waals surface area contributed by atoms with Crippen LogP contribution in [0.5, 0.6) is 0 Å². The number of primary amides is 1. The van der Waals surface area contributed by atoms with Crippen molar-refractivity contribution < 1.29 is 4.79 Å². The fraction of sp³-hybridized carbons (Fsp3) is 0.133. The predicted octanol–water partition coefficient (Wildman–Crippen LogP) is 3.47. The standard InChI is InChI=1S/C15H15BrN2O/c1-10-13(15(17)19)3-2-4-14(10)18-9-11-5-7-12(16)8-6-11/h2-8,18H,9H2,1H3,(H2,17,19). The van der Waals surface area contributed by atoms with E-state index in [-0.39, 0.29) is 0 Å². The second-order valence-corrected chi connectivity index (χ2v) is 5.24. The van der Waals surface area contributed by atoms with Gasteiger partial charge in [-0.3, -0.25) is 4.79 Å². The summed E-state index contributed by atoms with van der Waals surface area (Å²) < 4.78 is 1.06. The number of amides is 1. The maximum Gasteiger partial charge on any atom is 0.249 e. The van der Waals surface area contributed by atoms with Gasteiger partial charge in [0, 0.05) is 22.3 Å². The third kappa shape index (κ3) is 3.35. The van der Waals surface area contributed by atoms with Gasteiger partial charge in [-0.1, -0.05) is 34.1 Å². The summed E-state index contributed by atoms with van der Waals surface area (Å²) in [5.74, 6) is -0.398. The van der Waals surface area contributed by atoms with Crippen molar-refractivity contribution in [2.75, 3.05) is 5.32 Å². The van der Waals surface area contributed by atoms with Crippen LogP contribution in [-0.4, -0.2) is 5.91 Å². The third-order valence-electron chi connectivity index (χ3n) is 3.00. The highest BCUT2D eigenvalue weighted by molar-refractivity contribution is 9.10. The van der Waals surface area contributed by atoms with Crippen molar-refractivity contribution in [1.82, 2.24) is 0 Å². The maximum atomic E-state index is 11.3. The van der Waals surface area contributed by atoms with Gasteiger partial charge in [0.1, 0.15) is 0 Å². The molecule has 0 heterocycles. The third-order valence-corrected chi connectivity index (χ3v) is 3.52. The number of hydrogen-bond acceptors (Lipinski definition) is 2. The van der Waals surface area contributed by atoms with Gasteiger partial charge >= 0.3 is 0 Å². The van der Waals surface area contributed by atoms with Crippen molar-refractivity contribution in [3.63, 3.8) is 0 Å². The van der Waals surface area contributed by atoms with E-state index in [0.29, 0.717) is 12.1 Å². The Balaban J connectivity index is 2.13. The first-order valence-corrected chi connectivity index (χ1v) is 6.75. The lowest BCUT2D eigenvalue weighted by Gasteiger charge is -2.12. The lowest BCUT2D eigenvalue weighted by atomic mass is 10.1. The van der Waals surface area contributed by atoms with Crippen LogP contribution in [0, 0.1) is 6.92 Å². The molecule has 0 unspecified atom stereocenters.